The van der Waals surface area contributed by atoms with Gasteiger partial charge in [0.05, 0.1) is 11.5 Å². The Morgan fingerprint density at radius 2 is 1.77 bits per heavy atom. The van der Waals surface area contributed by atoms with Crippen molar-refractivity contribution in [2.45, 2.75) is 18.2 Å². The first-order valence-electron chi connectivity index (χ1n) is 6.99. The van der Waals surface area contributed by atoms with Gasteiger partial charge in [-0.25, -0.2) is 13.1 Å². The molecule has 4 nitrogen and oxygen atoms in total. The first-order chi connectivity index (χ1) is 10.5. The molecule has 0 saturated carbocycles. The van der Waals surface area contributed by atoms with Crippen molar-refractivity contribution in [2.75, 3.05) is 13.2 Å². The molecule has 0 aliphatic heterocycles. The quantitative estimate of drug-likeness (QED) is 0.797. The van der Waals surface area contributed by atoms with E-state index < -0.39 is 10.0 Å². The number of halogens is 1. The first kappa shape index (κ1) is 17.0. The molecular formula is C16H18BrNO3S. The Kier molecular flexibility index (Phi) is 5.99. The monoisotopic (exact) mass is 383 g/mol. The van der Waals surface area contributed by atoms with Gasteiger partial charge in [0.15, 0.2) is 0 Å². The Morgan fingerprint density at radius 1 is 1.09 bits per heavy atom. The van der Waals surface area contributed by atoms with E-state index in [1.54, 1.807) is 24.3 Å². The molecule has 118 valence electrons. The highest BCUT2D eigenvalue weighted by atomic mass is 79.9. The van der Waals surface area contributed by atoms with Crippen LogP contribution in [0.1, 0.15) is 12.5 Å². The van der Waals surface area contributed by atoms with Crippen LogP contribution in [0.15, 0.2) is 57.9 Å². The lowest BCUT2D eigenvalue weighted by Crippen LogP contribution is -2.26. The van der Waals surface area contributed by atoms with Crippen LogP contribution < -0.4 is 9.46 Å². The van der Waals surface area contributed by atoms with Gasteiger partial charge in [0.1, 0.15) is 5.75 Å². The molecule has 0 saturated heterocycles. The molecule has 0 unspecified atom stereocenters. The van der Waals surface area contributed by atoms with Crippen molar-refractivity contribution in [2.24, 2.45) is 0 Å². The molecule has 22 heavy (non-hydrogen) atoms. The zero-order valence-electron chi connectivity index (χ0n) is 12.3. The van der Waals surface area contributed by atoms with E-state index in [1.165, 1.54) is 0 Å². The highest BCUT2D eigenvalue weighted by molar-refractivity contribution is 9.10. The van der Waals surface area contributed by atoms with E-state index in [2.05, 4.69) is 20.7 Å². The molecule has 6 heteroatoms. The largest absolute Gasteiger partial charge is 0.494 e. The number of sulfonamides is 1. The number of hydrogen-bond acceptors (Lipinski definition) is 3. The maximum absolute atomic E-state index is 12.3. The predicted molar refractivity (Wildman–Crippen MR) is 90.6 cm³/mol. The molecule has 0 fully saturated rings. The van der Waals surface area contributed by atoms with Crippen LogP contribution in [0.4, 0.5) is 0 Å². The molecule has 0 spiro atoms. The maximum atomic E-state index is 12.3. The number of nitrogens with one attached hydrogen (secondary N) is 1. The molecule has 0 radical (unpaired) electrons. The first-order valence-corrected chi connectivity index (χ1v) is 9.27. The number of para-hydroxylation sites is 1. The Bertz CT molecular complexity index is 732. The Hall–Kier alpha value is -1.37. The van der Waals surface area contributed by atoms with Gasteiger partial charge in [0.2, 0.25) is 10.0 Å². The molecule has 0 heterocycles. The average Bonchev–Trinajstić information content (AvgIpc) is 2.49. The van der Waals surface area contributed by atoms with Crippen LogP contribution in [0.3, 0.4) is 0 Å². The summed E-state index contributed by atoms with van der Waals surface area (Å²) in [6, 6.07) is 14.4. The van der Waals surface area contributed by atoms with Crippen LogP contribution in [-0.2, 0) is 16.4 Å². The van der Waals surface area contributed by atoms with Gasteiger partial charge in [-0.2, -0.15) is 0 Å². The van der Waals surface area contributed by atoms with Crippen LogP contribution in [-0.4, -0.2) is 21.6 Å². The molecule has 2 aromatic rings. The summed E-state index contributed by atoms with van der Waals surface area (Å²) in [5.74, 6) is 0.796. The van der Waals surface area contributed by atoms with Crippen LogP contribution >= 0.6 is 15.9 Å². The Balaban J connectivity index is 2.04. The van der Waals surface area contributed by atoms with Gasteiger partial charge < -0.3 is 4.74 Å². The third kappa shape index (κ3) is 4.32. The Morgan fingerprint density at radius 3 is 2.50 bits per heavy atom. The van der Waals surface area contributed by atoms with Crippen molar-refractivity contribution in [1.29, 1.82) is 0 Å². The molecule has 1 N–H and O–H groups in total. The minimum Gasteiger partial charge on any atom is -0.494 e. The summed E-state index contributed by atoms with van der Waals surface area (Å²) >= 11 is 3.26. The minimum absolute atomic E-state index is 0.244. The van der Waals surface area contributed by atoms with E-state index >= 15 is 0 Å². The van der Waals surface area contributed by atoms with Crippen molar-refractivity contribution < 1.29 is 13.2 Å². The summed E-state index contributed by atoms with van der Waals surface area (Å²) in [4.78, 5) is 0.244. The van der Waals surface area contributed by atoms with E-state index in [0.717, 1.165) is 11.3 Å². The Labute approximate surface area is 139 Å². The number of ether oxygens (including phenoxy) is 1. The van der Waals surface area contributed by atoms with E-state index in [9.17, 15) is 8.42 Å². The molecule has 0 bridgehead atoms. The molecule has 0 aliphatic rings. The molecular weight excluding hydrogens is 366 g/mol. The van der Waals surface area contributed by atoms with Crippen molar-refractivity contribution in [3.8, 4) is 5.75 Å². The summed E-state index contributed by atoms with van der Waals surface area (Å²) in [7, 11) is -3.52. The molecule has 0 amide bonds. The SMILES string of the molecule is CCOc1ccccc1CCNS(=O)(=O)c1ccccc1Br. The van der Waals surface area contributed by atoms with E-state index in [4.69, 9.17) is 4.74 Å². The second-order valence-corrected chi connectivity index (χ2v) is 7.21. The fourth-order valence-electron chi connectivity index (χ4n) is 2.07. The highest BCUT2D eigenvalue weighted by Crippen LogP contribution is 2.21. The van der Waals surface area contributed by atoms with E-state index in [0.29, 0.717) is 24.0 Å². The van der Waals surface area contributed by atoms with E-state index in [-0.39, 0.29) is 4.90 Å². The maximum Gasteiger partial charge on any atom is 0.241 e. The zero-order valence-corrected chi connectivity index (χ0v) is 14.7. The normalized spacial score (nSPS) is 11.4. The third-order valence-electron chi connectivity index (χ3n) is 3.09. The fourth-order valence-corrected chi connectivity index (χ4v) is 4.10. The minimum atomic E-state index is -3.52. The summed E-state index contributed by atoms with van der Waals surface area (Å²) in [5, 5.41) is 0. The molecule has 0 atom stereocenters. The zero-order chi connectivity index (χ0) is 16.0. The third-order valence-corrected chi connectivity index (χ3v) is 5.56. The standard InChI is InChI=1S/C16H18BrNO3S/c1-2-21-15-9-5-3-7-13(15)11-12-18-22(19,20)16-10-6-4-8-14(16)17/h3-10,18H,2,11-12H2,1H3. The number of rotatable bonds is 7. The fraction of sp³-hybridized carbons (Fsp3) is 0.250. The predicted octanol–water partition coefficient (Wildman–Crippen LogP) is 3.37. The van der Waals surface area contributed by atoms with Gasteiger partial charge in [-0.1, -0.05) is 30.3 Å². The molecule has 2 aromatic carbocycles. The summed E-state index contributed by atoms with van der Waals surface area (Å²) < 4.78 is 33.3. The van der Waals surface area contributed by atoms with Gasteiger partial charge in [0.25, 0.3) is 0 Å². The van der Waals surface area contributed by atoms with Crippen LogP contribution in [0, 0.1) is 0 Å². The smallest absolute Gasteiger partial charge is 0.241 e. The topological polar surface area (TPSA) is 55.4 Å². The lowest BCUT2D eigenvalue weighted by Gasteiger charge is -2.11. The van der Waals surface area contributed by atoms with Crippen LogP contribution in [0.25, 0.3) is 0 Å². The van der Waals surface area contributed by atoms with Gasteiger partial charge >= 0.3 is 0 Å². The van der Waals surface area contributed by atoms with Crippen molar-refractivity contribution >= 4 is 26.0 Å². The molecule has 0 aliphatic carbocycles. The summed E-state index contributed by atoms with van der Waals surface area (Å²) in [6.45, 7) is 2.82. The van der Waals surface area contributed by atoms with Crippen LogP contribution in [0.5, 0.6) is 5.75 Å². The van der Waals surface area contributed by atoms with Crippen molar-refractivity contribution in [1.82, 2.24) is 4.72 Å². The van der Waals surface area contributed by atoms with Gasteiger partial charge in [-0.3, -0.25) is 0 Å². The van der Waals surface area contributed by atoms with Crippen molar-refractivity contribution in [3.05, 3.63) is 58.6 Å². The van der Waals surface area contributed by atoms with Gasteiger partial charge in [-0.15, -0.1) is 0 Å². The lowest BCUT2D eigenvalue weighted by molar-refractivity contribution is 0.336. The average molecular weight is 384 g/mol. The highest BCUT2D eigenvalue weighted by Gasteiger charge is 2.16. The van der Waals surface area contributed by atoms with Crippen LogP contribution in [0.2, 0.25) is 0 Å². The van der Waals surface area contributed by atoms with E-state index in [1.807, 2.05) is 31.2 Å². The molecule has 2 rings (SSSR count). The number of benzene rings is 2. The number of hydrogen-bond donors (Lipinski definition) is 1. The summed E-state index contributed by atoms with van der Waals surface area (Å²) in [6.07, 6.45) is 0.569. The van der Waals surface area contributed by atoms with Gasteiger partial charge in [0, 0.05) is 11.0 Å². The lowest BCUT2D eigenvalue weighted by atomic mass is 10.1. The van der Waals surface area contributed by atoms with Crippen molar-refractivity contribution in [3.63, 3.8) is 0 Å². The second-order valence-electron chi connectivity index (χ2n) is 4.62. The van der Waals surface area contributed by atoms with Gasteiger partial charge in [-0.05, 0) is 53.0 Å². The molecule has 0 aromatic heterocycles. The second kappa shape index (κ2) is 7.76. The summed E-state index contributed by atoms with van der Waals surface area (Å²) in [5.41, 5.74) is 0.985.